The largest absolute Gasteiger partial charge is 0.369 e. The highest BCUT2D eigenvalue weighted by atomic mass is 35.5. The van der Waals surface area contributed by atoms with E-state index in [0.717, 1.165) is 82.5 Å². The molecule has 0 bridgehead atoms. The third-order valence-electron chi connectivity index (χ3n) is 6.80. The molecule has 2 aromatic carbocycles. The highest BCUT2D eigenvalue weighted by molar-refractivity contribution is 5.85. The third kappa shape index (κ3) is 6.96. The fraction of sp³-hybridized carbons (Fsp3) is 0.481. The van der Waals surface area contributed by atoms with E-state index in [2.05, 4.69) is 51.5 Å². The smallest absolute Gasteiger partial charge is 0.220 e. The Morgan fingerprint density at radius 3 is 2.67 bits per heavy atom. The summed E-state index contributed by atoms with van der Waals surface area (Å²) in [5.74, 6) is 0.194. The maximum Gasteiger partial charge on any atom is 0.220 e. The van der Waals surface area contributed by atoms with E-state index in [4.69, 9.17) is 5.26 Å². The van der Waals surface area contributed by atoms with Gasteiger partial charge in [0.1, 0.15) is 0 Å². The first-order valence-corrected chi connectivity index (χ1v) is 12.1. The molecule has 5 nitrogen and oxygen atoms in total. The number of nitriles is 1. The van der Waals surface area contributed by atoms with Crippen molar-refractivity contribution in [2.75, 3.05) is 37.6 Å². The van der Waals surface area contributed by atoms with Gasteiger partial charge in [0.05, 0.1) is 17.7 Å². The normalized spacial score (nSPS) is 18.0. The lowest BCUT2D eigenvalue weighted by Crippen LogP contribution is -2.46. The molecule has 0 radical (unpaired) electrons. The van der Waals surface area contributed by atoms with Crippen LogP contribution in [-0.4, -0.2) is 43.5 Å². The van der Waals surface area contributed by atoms with E-state index in [1.807, 2.05) is 18.2 Å². The summed E-state index contributed by atoms with van der Waals surface area (Å²) in [6.07, 6.45) is 7.16. The van der Waals surface area contributed by atoms with Gasteiger partial charge in [-0.1, -0.05) is 36.8 Å². The predicted octanol–water partition coefficient (Wildman–Crippen LogP) is 4.86. The summed E-state index contributed by atoms with van der Waals surface area (Å²) in [5, 5.41) is 12.4. The monoisotopic (exact) mass is 466 g/mol. The molecular formula is C27H35ClN4O. The van der Waals surface area contributed by atoms with Gasteiger partial charge in [0.2, 0.25) is 5.91 Å². The Morgan fingerprint density at radius 1 is 1.03 bits per heavy atom. The van der Waals surface area contributed by atoms with E-state index in [0.29, 0.717) is 6.42 Å². The zero-order valence-electron chi connectivity index (χ0n) is 19.3. The lowest BCUT2D eigenvalue weighted by atomic mass is 9.87. The Balaban J connectivity index is 0.00000306. The van der Waals surface area contributed by atoms with Gasteiger partial charge >= 0.3 is 0 Å². The number of carbonyl (C=O) groups excluding carboxylic acids is 1. The average Bonchev–Trinajstić information content (AvgIpc) is 2.84. The van der Waals surface area contributed by atoms with Crippen LogP contribution in [0.3, 0.4) is 0 Å². The summed E-state index contributed by atoms with van der Waals surface area (Å²) in [6, 6.07) is 18.8. The van der Waals surface area contributed by atoms with Crippen molar-refractivity contribution in [2.24, 2.45) is 0 Å². The molecule has 0 saturated carbocycles. The van der Waals surface area contributed by atoms with Crippen LogP contribution >= 0.6 is 12.4 Å². The number of hydrogen-bond donors (Lipinski definition) is 1. The molecular weight excluding hydrogens is 432 g/mol. The van der Waals surface area contributed by atoms with Crippen molar-refractivity contribution in [3.8, 4) is 6.07 Å². The summed E-state index contributed by atoms with van der Waals surface area (Å²) in [5.41, 5.74) is 4.57. The Hall–Kier alpha value is -2.55. The summed E-state index contributed by atoms with van der Waals surface area (Å²) < 4.78 is 0. The zero-order chi connectivity index (χ0) is 22.2. The first-order valence-electron chi connectivity index (χ1n) is 12.1. The first-order chi connectivity index (χ1) is 15.7. The number of nitrogens with one attached hydrogen (secondary N) is 1. The van der Waals surface area contributed by atoms with Crippen molar-refractivity contribution in [2.45, 2.75) is 51.0 Å². The molecule has 176 valence electrons. The minimum absolute atomic E-state index is 0. The van der Waals surface area contributed by atoms with Gasteiger partial charge < -0.3 is 10.2 Å². The zero-order valence-corrected chi connectivity index (χ0v) is 20.2. The SMILES string of the molecule is Cl.N#Cc1cccc(N2CCN(CCCCCC(=O)NC3CCCc4ccccc43)CC2)c1. The van der Waals surface area contributed by atoms with Crippen molar-refractivity contribution in [3.63, 3.8) is 0 Å². The van der Waals surface area contributed by atoms with Crippen molar-refractivity contribution in [1.82, 2.24) is 10.2 Å². The van der Waals surface area contributed by atoms with Crippen LogP contribution in [0.4, 0.5) is 5.69 Å². The minimum Gasteiger partial charge on any atom is -0.369 e. The lowest BCUT2D eigenvalue weighted by molar-refractivity contribution is -0.122. The molecule has 1 atom stereocenters. The molecule has 1 aliphatic heterocycles. The maximum atomic E-state index is 12.5. The Bertz CT molecular complexity index is 949. The van der Waals surface area contributed by atoms with E-state index in [-0.39, 0.29) is 24.4 Å². The predicted molar refractivity (Wildman–Crippen MR) is 136 cm³/mol. The van der Waals surface area contributed by atoms with Crippen LogP contribution in [0, 0.1) is 11.3 Å². The molecule has 1 saturated heterocycles. The van der Waals surface area contributed by atoms with Crippen LogP contribution in [0.2, 0.25) is 0 Å². The third-order valence-corrected chi connectivity index (χ3v) is 6.80. The molecule has 1 amide bonds. The maximum absolute atomic E-state index is 12.5. The van der Waals surface area contributed by atoms with Crippen molar-refractivity contribution in [1.29, 1.82) is 5.26 Å². The van der Waals surface area contributed by atoms with Gasteiger partial charge in [-0.15, -0.1) is 12.4 Å². The number of hydrogen-bond acceptors (Lipinski definition) is 4. The minimum atomic E-state index is 0. The first kappa shape index (κ1) is 25.1. The summed E-state index contributed by atoms with van der Waals surface area (Å²) in [6.45, 7) is 5.21. The number of halogens is 1. The van der Waals surface area contributed by atoms with Crippen molar-refractivity contribution >= 4 is 24.0 Å². The summed E-state index contributed by atoms with van der Waals surface area (Å²) >= 11 is 0. The van der Waals surface area contributed by atoms with Crippen molar-refractivity contribution < 1.29 is 4.79 Å². The highest BCUT2D eigenvalue weighted by Gasteiger charge is 2.21. The van der Waals surface area contributed by atoms with Gasteiger partial charge in [-0.2, -0.15) is 5.26 Å². The molecule has 0 spiro atoms. The number of nitrogens with zero attached hydrogens (tertiary/aromatic N) is 3. The van der Waals surface area contributed by atoms with E-state index in [1.54, 1.807) is 0 Å². The van der Waals surface area contributed by atoms with Gasteiger partial charge in [-0.05, 0) is 68.0 Å². The highest BCUT2D eigenvalue weighted by Crippen LogP contribution is 2.29. The summed E-state index contributed by atoms with van der Waals surface area (Å²) in [4.78, 5) is 17.3. The molecule has 4 rings (SSSR count). The molecule has 33 heavy (non-hydrogen) atoms. The second-order valence-corrected chi connectivity index (χ2v) is 9.01. The van der Waals surface area contributed by atoms with Crippen LogP contribution in [0.1, 0.15) is 61.3 Å². The van der Waals surface area contributed by atoms with E-state index in [9.17, 15) is 4.79 Å². The number of anilines is 1. The van der Waals surface area contributed by atoms with Crippen LogP contribution in [0.5, 0.6) is 0 Å². The number of fused-ring (bicyclic) bond motifs is 1. The van der Waals surface area contributed by atoms with Crippen LogP contribution in [0.15, 0.2) is 48.5 Å². The second kappa shape index (κ2) is 12.6. The molecule has 0 aromatic heterocycles. The Morgan fingerprint density at radius 2 is 1.85 bits per heavy atom. The molecule has 1 N–H and O–H groups in total. The molecule has 1 aliphatic carbocycles. The fourth-order valence-electron chi connectivity index (χ4n) is 4.97. The van der Waals surface area contributed by atoms with Gasteiger partial charge in [0.15, 0.2) is 0 Å². The molecule has 1 fully saturated rings. The lowest BCUT2D eigenvalue weighted by Gasteiger charge is -2.36. The average molecular weight is 467 g/mol. The van der Waals surface area contributed by atoms with Crippen LogP contribution in [0.25, 0.3) is 0 Å². The standard InChI is InChI=1S/C27H34N4O.ClH/c28-21-22-8-6-11-24(20-22)31-18-16-30(17-19-31)15-5-1-2-14-27(32)29-26-13-7-10-23-9-3-4-12-25(23)26;/h3-4,6,8-9,11-12,20,26H,1-2,5,7,10,13-19H2,(H,29,32);1H. The topological polar surface area (TPSA) is 59.4 Å². The fourth-order valence-corrected chi connectivity index (χ4v) is 4.97. The van der Waals surface area contributed by atoms with E-state index < -0.39 is 0 Å². The molecule has 2 aliphatic rings. The van der Waals surface area contributed by atoms with E-state index in [1.165, 1.54) is 11.1 Å². The van der Waals surface area contributed by atoms with Crippen LogP contribution in [-0.2, 0) is 11.2 Å². The van der Waals surface area contributed by atoms with E-state index >= 15 is 0 Å². The number of benzene rings is 2. The van der Waals surface area contributed by atoms with Gasteiger partial charge in [0, 0.05) is 38.3 Å². The second-order valence-electron chi connectivity index (χ2n) is 9.01. The molecule has 1 heterocycles. The van der Waals surface area contributed by atoms with Gasteiger partial charge in [0.25, 0.3) is 0 Å². The summed E-state index contributed by atoms with van der Waals surface area (Å²) in [7, 11) is 0. The Kier molecular flexibility index (Phi) is 9.60. The molecule has 2 aromatic rings. The van der Waals surface area contributed by atoms with Crippen molar-refractivity contribution in [3.05, 3.63) is 65.2 Å². The van der Waals surface area contributed by atoms with Crippen LogP contribution < -0.4 is 10.2 Å². The number of carbonyl (C=O) groups is 1. The Labute approximate surface area is 204 Å². The number of amides is 1. The number of aryl methyl sites for hydroxylation is 1. The number of unbranched alkanes of at least 4 members (excludes halogenated alkanes) is 2. The van der Waals surface area contributed by atoms with Gasteiger partial charge in [-0.25, -0.2) is 0 Å². The molecule has 1 unspecified atom stereocenters. The number of rotatable bonds is 8. The molecule has 6 heteroatoms. The van der Waals surface area contributed by atoms with Gasteiger partial charge in [-0.3, -0.25) is 9.69 Å². The quantitative estimate of drug-likeness (QED) is 0.564. The number of piperazine rings is 1.